The van der Waals surface area contributed by atoms with Crippen LogP contribution in [0.15, 0.2) is 23.2 Å². The molecule has 12 heavy (non-hydrogen) atoms. The largest absolute Gasteiger partial charge is 0.398 e. The Morgan fingerprint density at radius 3 is 2.83 bits per heavy atom. The summed E-state index contributed by atoms with van der Waals surface area (Å²) in [6.45, 7) is 4.00. The maximum atomic E-state index is 5.76. The van der Waals surface area contributed by atoms with Gasteiger partial charge in [0.2, 0.25) is 0 Å². The van der Waals surface area contributed by atoms with E-state index in [9.17, 15) is 0 Å². The highest BCUT2D eigenvalue weighted by atomic mass is 79.9. The summed E-state index contributed by atoms with van der Waals surface area (Å²) in [7, 11) is 0. The summed E-state index contributed by atoms with van der Waals surface area (Å²) >= 11 is 3.41. The van der Waals surface area contributed by atoms with Gasteiger partial charge in [-0.1, -0.05) is 6.58 Å². The summed E-state index contributed by atoms with van der Waals surface area (Å²) in [5.41, 5.74) is 10.4. The van der Waals surface area contributed by atoms with Gasteiger partial charge in [0.1, 0.15) is 0 Å². The average Bonchev–Trinajstić information content (AvgIpc) is 2.35. The maximum absolute atomic E-state index is 5.76. The SMILES string of the molecule is C=C1CCc2cc(N)c(Br)cc21. The first-order chi connectivity index (χ1) is 5.68. The first-order valence-corrected chi connectivity index (χ1v) is 4.74. The molecule has 1 aromatic rings. The Labute approximate surface area is 80.4 Å². The number of benzene rings is 1. The number of nitrogens with two attached hydrogens (primary N) is 1. The molecular weight excluding hydrogens is 214 g/mol. The predicted molar refractivity (Wildman–Crippen MR) is 55.9 cm³/mol. The van der Waals surface area contributed by atoms with Gasteiger partial charge in [0.15, 0.2) is 0 Å². The van der Waals surface area contributed by atoms with E-state index >= 15 is 0 Å². The van der Waals surface area contributed by atoms with E-state index in [-0.39, 0.29) is 0 Å². The summed E-state index contributed by atoms with van der Waals surface area (Å²) in [6, 6.07) is 4.11. The molecule has 0 saturated heterocycles. The Kier molecular flexibility index (Phi) is 1.72. The molecule has 0 atom stereocenters. The number of rotatable bonds is 0. The Bertz CT molecular complexity index is 355. The van der Waals surface area contributed by atoms with Crippen molar-refractivity contribution in [3.05, 3.63) is 34.3 Å². The quantitative estimate of drug-likeness (QED) is 0.673. The summed E-state index contributed by atoms with van der Waals surface area (Å²) in [5.74, 6) is 0. The van der Waals surface area contributed by atoms with Crippen LogP contribution in [0.1, 0.15) is 17.5 Å². The Balaban J connectivity index is 2.63. The first kappa shape index (κ1) is 7.87. The van der Waals surface area contributed by atoms with Gasteiger partial charge in [-0.3, -0.25) is 0 Å². The number of halogens is 1. The van der Waals surface area contributed by atoms with Crippen LogP contribution in [0.5, 0.6) is 0 Å². The number of allylic oxidation sites excluding steroid dienone is 1. The Morgan fingerprint density at radius 1 is 1.33 bits per heavy atom. The van der Waals surface area contributed by atoms with Crippen LogP contribution in [0.2, 0.25) is 0 Å². The van der Waals surface area contributed by atoms with Crippen molar-refractivity contribution in [1.29, 1.82) is 0 Å². The van der Waals surface area contributed by atoms with E-state index in [0.717, 1.165) is 23.0 Å². The molecule has 62 valence electrons. The minimum atomic E-state index is 0.823. The van der Waals surface area contributed by atoms with Gasteiger partial charge in [0.05, 0.1) is 0 Å². The summed E-state index contributed by atoms with van der Waals surface area (Å²) in [4.78, 5) is 0. The van der Waals surface area contributed by atoms with E-state index in [4.69, 9.17) is 5.73 Å². The molecule has 0 saturated carbocycles. The molecule has 0 amide bonds. The molecule has 0 aliphatic heterocycles. The van der Waals surface area contributed by atoms with E-state index in [2.05, 4.69) is 28.6 Å². The van der Waals surface area contributed by atoms with Gasteiger partial charge in [-0.05, 0) is 57.6 Å². The third-order valence-corrected chi connectivity index (χ3v) is 2.99. The Morgan fingerprint density at radius 2 is 2.08 bits per heavy atom. The zero-order chi connectivity index (χ0) is 8.72. The zero-order valence-electron chi connectivity index (χ0n) is 6.73. The molecule has 0 aromatic heterocycles. The number of aryl methyl sites for hydroxylation is 1. The summed E-state index contributed by atoms with van der Waals surface area (Å²) < 4.78 is 0.976. The lowest BCUT2D eigenvalue weighted by Gasteiger charge is -2.03. The van der Waals surface area contributed by atoms with Crippen molar-refractivity contribution in [1.82, 2.24) is 0 Å². The summed E-state index contributed by atoms with van der Waals surface area (Å²) in [6.07, 6.45) is 2.16. The van der Waals surface area contributed by atoms with E-state index in [1.54, 1.807) is 0 Å². The fourth-order valence-electron chi connectivity index (χ4n) is 1.59. The number of hydrogen-bond donors (Lipinski definition) is 1. The van der Waals surface area contributed by atoms with Crippen molar-refractivity contribution in [2.45, 2.75) is 12.8 Å². The predicted octanol–water partition coefficient (Wildman–Crippen LogP) is 2.99. The normalized spacial score (nSPS) is 14.9. The lowest BCUT2D eigenvalue weighted by atomic mass is 10.1. The van der Waals surface area contributed by atoms with Gasteiger partial charge in [0.25, 0.3) is 0 Å². The zero-order valence-corrected chi connectivity index (χ0v) is 8.32. The molecule has 1 aromatic carbocycles. The topological polar surface area (TPSA) is 26.0 Å². The van der Waals surface area contributed by atoms with Crippen molar-refractivity contribution in [3.63, 3.8) is 0 Å². The smallest absolute Gasteiger partial charge is 0.0461 e. The minimum Gasteiger partial charge on any atom is -0.398 e. The monoisotopic (exact) mass is 223 g/mol. The minimum absolute atomic E-state index is 0.823. The molecule has 1 aliphatic carbocycles. The highest BCUT2D eigenvalue weighted by Gasteiger charge is 2.15. The first-order valence-electron chi connectivity index (χ1n) is 3.94. The van der Waals surface area contributed by atoms with Gasteiger partial charge < -0.3 is 5.73 Å². The van der Waals surface area contributed by atoms with Crippen LogP contribution in [-0.2, 0) is 6.42 Å². The van der Waals surface area contributed by atoms with E-state index < -0.39 is 0 Å². The van der Waals surface area contributed by atoms with Crippen LogP contribution in [0.4, 0.5) is 5.69 Å². The van der Waals surface area contributed by atoms with Crippen LogP contribution in [0.3, 0.4) is 0 Å². The van der Waals surface area contributed by atoms with Crippen LogP contribution in [-0.4, -0.2) is 0 Å². The third-order valence-electron chi connectivity index (χ3n) is 2.30. The summed E-state index contributed by atoms with van der Waals surface area (Å²) in [5, 5.41) is 0. The lowest BCUT2D eigenvalue weighted by Crippen LogP contribution is -1.90. The van der Waals surface area contributed by atoms with E-state index in [1.807, 2.05) is 6.07 Å². The van der Waals surface area contributed by atoms with Crippen molar-refractivity contribution in [2.24, 2.45) is 0 Å². The van der Waals surface area contributed by atoms with E-state index in [0.29, 0.717) is 0 Å². The molecule has 0 radical (unpaired) electrons. The van der Waals surface area contributed by atoms with Crippen molar-refractivity contribution in [2.75, 3.05) is 5.73 Å². The van der Waals surface area contributed by atoms with Gasteiger partial charge in [-0.25, -0.2) is 0 Å². The molecule has 1 nitrogen and oxygen atoms in total. The molecule has 0 spiro atoms. The molecule has 2 heteroatoms. The fraction of sp³-hybridized carbons (Fsp3) is 0.200. The van der Waals surface area contributed by atoms with Crippen molar-refractivity contribution in [3.8, 4) is 0 Å². The van der Waals surface area contributed by atoms with Crippen LogP contribution in [0.25, 0.3) is 5.57 Å². The molecular formula is C10H10BrN. The van der Waals surface area contributed by atoms with Gasteiger partial charge >= 0.3 is 0 Å². The average molecular weight is 224 g/mol. The van der Waals surface area contributed by atoms with Crippen LogP contribution >= 0.6 is 15.9 Å². The molecule has 0 unspecified atom stereocenters. The highest BCUT2D eigenvalue weighted by molar-refractivity contribution is 9.10. The second-order valence-electron chi connectivity index (χ2n) is 3.13. The molecule has 2 rings (SSSR count). The maximum Gasteiger partial charge on any atom is 0.0461 e. The molecule has 2 N–H and O–H groups in total. The van der Waals surface area contributed by atoms with Crippen LogP contribution in [0, 0.1) is 0 Å². The Hall–Kier alpha value is -0.760. The van der Waals surface area contributed by atoms with Gasteiger partial charge in [0, 0.05) is 10.2 Å². The highest BCUT2D eigenvalue weighted by Crippen LogP contribution is 2.35. The number of anilines is 1. The number of nitrogen functional groups attached to an aromatic ring is 1. The standard InChI is InChI=1S/C10H10BrN/c1-6-2-3-7-4-10(12)9(11)5-8(6)7/h4-5H,1-3,12H2. The third kappa shape index (κ3) is 1.07. The number of hydrogen-bond acceptors (Lipinski definition) is 1. The van der Waals surface area contributed by atoms with Crippen molar-refractivity contribution < 1.29 is 0 Å². The fourth-order valence-corrected chi connectivity index (χ4v) is 1.94. The van der Waals surface area contributed by atoms with E-state index in [1.165, 1.54) is 16.7 Å². The molecule has 0 heterocycles. The van der Waals surface area contributed by atoms with Gasteiger partial charge in [-0.2, -0.15) is 0 Å². The van der Waals surface area contributed by atoms with Crippen LogP contribution < -0.4 is 5.73 Å². The lowest BCUT2D eigenvalue weighted by molar-refractivity contribution is 1.08. The molecule has 1 aliphatic rings. The molecule has 0 bridgehead atoms. The molecule has 0 fully saturated rings. The van der Waals surface area contributed by atoms with Crippen molar-refractivity contribution >= 4 is 27.2 Å². The van der Waals surface area contributed by atoms with Gasteiger partial charge in [-0.15, -0.1) is 0 Å². The second kappa shape index (κ2) is 2.63. The number of fused-ring (bicyclic) bond motifs is 1. The second-order valence-corrected chi connectivity index (χ2v) is 3.99.